The molecular formula is C13H16FN3. The van der Waals surface area contributed by atoms with E-state index in [1.54, 1.807) is 6.07 Å². The van der Waals surface area contributed by atoms with Crippen molar-refractivity contribution in [3.63, 3.8) is 0 Å². The van der Waals surface area contributed by atoms with Gasteiger partial charge in [-0.25, -0.2) is 4.39 Å². The molecule has 0 spiro atoms. The first kappa shape index (κ1) is 12.0. The second-order valence-electron chi connectivity index (χ2n) is 4.59. The van der Waals surface area contributed by atoms with Crippen molar-refractivity contribution in [2.45, 2.75) is 19.0 Å². The number of halogens is 1. The van der Waals surface area contributed by atoms with E-state index in [2.05, 4.69) is 17.3 Å². The normalized spacial score (nSPS) is 20.4. The van der Waals surface area contributed by atoms with E-state index < -0.39 is 0 Å². The van der Waals surface area contributed by atoms with Crippen LogP contribution in [0.1, 0.15) is 17.5 Å². The molecule has 1 unspecified atom stereocenters. The molecule has 1 aliphatic heterocycles. The number of likely N-dealkylation sites (N-methyl/N-ethyl adjacent to an activating group) is 1. The summed E-state index contributed by atoms with van der Waals surface area (Å²) in [6.45, 7) is 2.75. The third kappa shape index (κ3) is 3.26. The summed E-state index contributed by atoms with van der Waals surface area (Å²) < 4.78 is 13.2. The highest BCUT2D eigenvalue weighted by Gasteiger charge is 2.18. The minimum atomic E-state index is -0.343. The van der Waals surface area contributed by atoms with Gasteiger partial charge in [0.15, 0.2) is 0 Å². The monoisotopic (exact) mass is 233 g/mol. The zero-order chi connectivity index (χ0) is 12.3. The predicted octanol–water partition coefficient (Wildman–Crippen LogP) is 1.49. The standard InChI is InChI=1S/C13H16FN3/c1-17-3-2-13(9-17)16-8-11-4-10(7-15)5-12(14)6-11/h4-6,13,16H,2-3,8-9H2,1H3. The van der Waals surface area contributed by atoms with E-state index in [-0.39, 0.29) is 5.82 Å². The topological polar surface area (TPSA) is 39.1 Å². The maximum atomic E-state index is 13.2. The molecule has 1 aliphatic rings. The number of hydrogen-bond donors (Lipinski definition) is 1. The molecule has 0 bridgehead atoms. The summed E-state index contributed by atoms with van der Waals surface area (Å²) in [7, 11) is 2.09. The van der Waals surface area contributed by atoms with Gasteiger partial charge in [0.05, 0.1) is 11.6 Å². The second kappa shape index (κ2) is 5.26. The van der Waals surface area contributed by atoms with Gasteiger partial charge in [0.1, 0.15) is 5.82 Å². The molecular weight excluding hydrogens is 217 g/mol. The number of nitrogens with zero attached hydrogens (tertiary/aromatic N) is 2. The molecule has 1 atom stereocenters. The quantitative estimate of drug-likeness (QED) is 0.859. The van der Waals surface area contributed by atoms with Crippen molar-refractivity contribution in [3.05, 3.63) is 35.1 Å². The van der Waals surface area contributed by atoms with Crippen molar-refractivity contribution in [1.82, 2.24) is 10.2 Å². The Bertz CT molecular complexity index is 439. The first-order valence-corrected chi connectivity index (χ1v) is 5.79. The summed E-state index contributed by atoms with van der Waals surface area (Å²) in [5, 5.41) is 12.1. The van der Waals surface area contributed by atoms with Crippen LogP contribution in [0.25, 0.3) is 0 Å². The molecule has 0 aromatic heterocycles. The van der Waals surface area contributed by atoms with Crippen LogP contribution in [0.3, 0.4) is 0 Å². The minimum absolute atomic E-state index is 0.343. The van der Waals surface area contributed by atoms with E-state index in [9.17, 15) is 4.39 Å². The second-order valence-corrected chi connectivity index (χ2v) is 4.59. The SMILES string of the molecule is CN1CCC(NCc2cc(F)cc(C#N)c2)C1. The van der Waals surface area contributed by atoms with Gasteiger partial charge < -0.3 is 10.2 Å². The molecule has 3 nitrogen and oxygen atoms in total. The summed E-state index contributed by atoms with van der Waals surface area (Å²) >= 11 is 0. The molecule has 1 saturated heterocycles. The molecule has 1 aromatic rings. The number of likely N-dealkylation sites (tertiary alicyclic amines) is 1. The van der Waals surface area contributed by atoms with Crippen molar-refractivity contribution < 1.29 is 4.39 Å². The Morgan fingerprint density at radius 2 is 2.35 bits per heavy atom. The van der Waals surface area contributed by atoms with Gasteiger partial charge in [-0.1, -0.05) is 0 Å². The average molecular weight is 233 g/mol. The minimum Gasteiger partial charge on any atom is -0.309 e. The summed E-state index contributed by atoms with van der Waals surface area (Å²) in [4.78, 5) is 2.27. The molecule has 1 fully saturated rings. The summed E-state index contributed by atoms with van der Waals surface area (Å²) in [6, 6.07) is 6.90. The lowest BCUT2D eigenvalue weighted by Gasteiger charge is -2.12. The lowest BCUT2D eigenvalue weighted by molar-refractivity contribution is 0.397. The van der Waals surface area contributed by atoms with Crippen LogP contribution in [-0.2, 0) is 6.54 Å². The summed E-state index contributed by atoms with van der Waals surface area (Å²) in [5.74, 6) is -0.343. The van der Waals surface area contributed by atoms with Gasteiger partial charge >= 0.3 is 0 Å². The molecule has 1 N–H and O–H groups in total. The third-order valence-electron chi connectivity index (χ3n) is 3.07. The van der Waals surface area contributed by atoms with Crippen molar-refractivity contribution in [3.8, 4) is 6.07 Å². The molecule has 2 rings (SSSR count). The first-order valence-electron chi connectivity index (χ1n) is 5.79. The summed E-state index contributed by atoms with van der Waals surface area (Å²) in [5.41, 5.74) is 1.21. The van der Waals surface area contributed by atoms with E-state index in [4.69, 9.17) is 5.26 Å². The molecule has 1 heterocycles. The van der Waals surface area contributed by atoms with Gasteiger partial charge in [-0.2, -0.15) is 5.26 Å². The number of hydrogen-bond acceptors (Lipinski definition) is 3. The number of nitriles is 1. The Hall–Kier alpha value is -1.44. The largest absolute Gasteiger partial charge is 0.309 e. The Morgan fingerprint density at radius 3 is 3.00 bits per heavy atom. The fraction of sp³-hybridized carbons (Fsp3) is 0.462. The molecule has 1 aromatic carbocycles. The van der Waals surface area contributed by atoms with Crippen LogP contribution in [0.5, 0.6) is 0 Å². The van der Waals surface area contributed by atoms with Gasteiger partial charge in [0.2, 0.25) is 0 Å². The van der Waals surface area contributed by atoms with Crippen molar-refractivity contribution in [2.75, 3.05) is 20.1 Å². The van der Waals surface area contributed by atoms with Gasteiger partial charge in [0.25, 0.3) is 0 Å². The van der Waals surface area contributed by atoms with Crippen LogP contribution < -0.4 is 5.32 Å². The van der Waals surface area contributed by atoms with Crippen LogP contribution in [-0.4, -0.2) is 31.1 Å². The van der Waals surface area contributed by atoms with E-state index in [0.29, 0.717) is 18.2 Å². The molecule has 0 amide bonds. The Labute approximate surface area is 101 Å². The highest BCUT2D eigenvalue weighted by Crippen LogP contribution is 2.11. The molecule has 0 radical (unpaired) electrons. The Kier molecular flexibility index (Phi) is 3.72. The number of rotatable bonds is 3. The van der Waals surface area contributed by atoms with Crippen LogP contribution >= 0.6 is 0 Å². The maximum absolute atomic E-state index is 13.2. The number of nitrogens with one attached hydrogen (secondary N) is 1. The van der Waals surface area contributed by atoms with Crippen LogP contribution in [0, 0.1) is 17.1 Å². The fourth-order valence-electron chi connectivity index (χ4n) is 2.18. The zero-order valence-electron chi connectivity index (χ0n) is 9.91. The fourth-order valence-corrected chi connectivity index (χ4v) is 2.18. The third-order valence-corrected chi connectivity index (χ3v) is 3.07. The van der Waals surface area contributed by atoms with Gasteiger partial charge in [0, 0.05) is 19.1 Å². The van der Waals surface area contributed by atoms with Crippen molar-refractivity contribution >= 4 is 0 Å². The predicted molar refractivity (Wildman–Crippen MR) is 63.9 cm³/mol. The van der Waals surface area contributed by atoms with E-state index in [1.807, 2.05) is 6.07 Å². The Morgan fingerprint density at radius 1 is 1.53 bits per heavy atom. The van der Waals surface area contributed by atoms with Crippen molar-refractivity contribution in [1.29, 1.82) is 5.26 Å². The van der Waals surface area contributed by atoms with Crippen LogP contribution in [0.2, 0.25) is 0 Å². The Balaban J connectivity index is 1.95. The van der Waals surface area contributed by atoms with Gasteiger partial charge in [-0.05, 0) is 43.8 Å². The highest BCUT2D eigenvalue weighted by atomic mass is 19.1. The zero-order valence-corrected chi connectivity index (χ0v) is 9.91. The van der Waals surface area contributed by atoms with E-state index in [0.717, 1.165) is 25.1 Å². The smallest absolute Gasteiger partial charge is 0.124 e. The lowest BCUT2D eigenvalue weighted by atomic mass is 10.1. The van der Waals surface area contributed by atoms with Crippen LogP contribution in [0.15, 0.2) is 18.2 Å². The van der Waals surface area contributed by atoms with E-state index >= 15 is 0 Å². The number of benzene rings is 1. The highest BCUT2D eigenvalue weighted by molar-refractivity contribution is 5.33. The molecule has 90 valence electrons. The molecule has 0 saturated carbocycles. The molecule has 0 aliphatic carbocycles. The molecule has 4 heteroatoms. The molecule has 17 heavy (non-hydrogen) atoms. The first-order chi connectivity index (χ1) is 8.17. The van der Waals surface area contributed by atoms with E-state index in [1.165, 1.54) is 12.1 Å². The maximum Gasteiger partial charge on any atom is 0.124 e. The average Bonchev–Trinajstić information content (AvgIpc) is 2.72. The summed E-state index contributed by atoms with van der Waals surface area (Å²) in [6.07, 6.45) is 1.12. The lowest BCUT2D eigenvalue weighted by Crippen LogP contribution is -2.30. The van der Waals surface area contributed by atoms with Gasteiger partial charge in [-0.3, -0.25) is 0 Å². The van der Waals surface area contributed by atoms with Crippen molar-refractivity contribution in [2.24, 2.45) is 0 Å². The van der Waals surface area contributed by atoms with Crippen LogP contribution in [0.4, 0.5) is 4.39 Å². The van der Waals surface area contributed by atoms with Gasteiger partial charge in [-0.15, -0.1) is 0 Å².